The Morgan fingerprint density at radius 3 is 2.20 bits per heavy atom. The van der Waals surface area contributed by atoms with Gasteiger partial charge in [-0.05, 0) is 23.8 Å². The quantitative estimate of drug-likeness (QED) is 0.196. The van der Waals surface area contributed by atoms with Crippen LogP contribution in [-0.2, 0) is 41.4 Å². The second kappa shape index (κ2) is 16.2. The van der Waals surface area contributed by atoms with Crippen LogP contribution in [0.25, 0.3) is 22.0 Å². The van der Waals surface area contributed by atoms with Crippen molar-refractivity contribution in [2.24, 2.45) is 5.73 Å². The first-order valence-corrected chi connectivity index (χ1v) is 14.3. The van der Waals surface area contributed by atoms with Crippen LogP contribution in [0.3, 0.4) is 0 Å². The van der Waals surface area contributed by atoms with Crippen molar-refractivity contribution >= 4 is 45.8 Å². The molecule has 224 valence electrons. The first kappa shape index (κ1) is 31.5. The minimum absolute atomic E-state index is 0.0226. The van der Waals surface area contributed by atoms with Gasteiger partial charge in [-0.3, -0.25) is 4.79 Å². The molecule has 0 fully saturated rings. The Hall–Kier alpha value is -2.48. The maximum atomic E-state index is 12.9. The van der Waals surface area contributed by atoms with Gasteiger partial charge in [-0.25, -0.2) is 4.98 Å². The molecule has 0 radical (unpaired) electrons. The van der Waals surface area contributed by atoms with Crippen LogP contribution in [0.15, 0.2) is 24.4 Å². The number of nitrogens with one attached hydrogen (secondary N) is 1. The van der Waals surface area contributed by atoms with Gasteiger partial charge in [-0.15, -0.1) is 0 Å². The molecule has 11 nitrogen and oxygen atoms in total. The predicted octanol–water partition coefficient (Wildman–Crippen LogP) is 3.05. The molecule has 1 aromatic carbocycles. The molecule has 13 heteroatoms. The summed E-state index contributed by atoms with van der Waals surface area (Å²) in [6, 6.07) is 5.47. The number of pyridine rings is 1. The molecule has 5 N–H and O–H groups in total. The van der Waals surface area contributed by atoms with Gasteiger partial charge in [0.05, 0.1) is 75.0 Å². The zero-order chi connectivity index (χ0) is 29.0. The number of carbonyl (C=O) groups is 1. The Morgan fingerprint density at radius 2 is 1.59 bits per heavy atom. The molecule has 3 heterocycles. The number of rotatable bonds is 17. The van der Waals surface area contributed by atoms with Gasteiger partial charge in [0.25, 0.3) is 0 Å². The second-order valence-corrected chi connectivity index (χ2v) is 10.2. The van der Waals surface area contributed by atoms with Gasteiger partial charge in [0, 0.05) is 54.5 Å². The van der Waals surface area contributed by atoms with Crippen LogP contribution in [-0.4, -0.2) is 99.9 Å². The van der Waals surface area contributed by atoms with Crippen LogP contribution in [0.4, 0.5) is 5.82 Å². The van der Waals surface area contributed by atoms with E-state index in [1.165, 1.54) is 0 Å². The highest BCUT2D eigenvalue weighted by atomic mass is 35.5. The van der Waals surface area contributed by atoms with Crippen molar-refractivity contribution in [3.05, 3.63) is 45.7 Å². The number of anilines is 1. The lowest BCUT2D eigenvalue weighted by molar-refractivity contribution is -0.137. The normalized spacial score (nSPS) is 13.2. The highest BCUT2D eigenvalue weighted by Gasteiger charge is 2.27. The summed E-state index contributed by atoms with van der Waals surface area (Å²) >= 11 is 13.0. The number of carbonyl (C=O) groups excluding carboxylic acids is 1. The fourth-order valence-electron chi connectivity index (χ4n) is 4.56. The summed E-state index contributed by atoms with van der Waals surface area (Å²) in [6.45, 7) is 5.62. The van der Waals surface area contributed by atoms with Crippen LogP contribution in [0.1, 0.15) is 11.3 Å². The summed E-state index contributed by atoms with van der Waals surface area (Å²) in [5.74, 6) is 0.344. The Labute approximate surface area is 249 Å². The Morgan fingerprint density at radius 1 is 0.951 bits per heavy atom. The number of benzene rings is 1. The molecule has 0 aliphatic carbocycles. The number of nitrogen functional groups attached to an aromatic ring is 1. The number of fused-ring (bicyclic) bond motifs is 3. The maximum Gasteiger partial charge on any atom is 0.248 e. The largest absolute Gasteiger partial charge is 0.384 e. The number of hydrogen-bond donors (Lipinski definition) is 3. The molecule has 1 aliphatic heterocycles. The van der Waals surface area contributed by atoms with E-state index in [1.807, 2.05) is 12.1 Å². The fraction of sp³-hybridized carbons (Fsp3) is 0.500. The second-order valence-electron chi connectivity index (χ2n) is 9.38. The summed E-state index contributed by atoms with van der Waals surface area (Å²) in [5, 5.41) is 1.82. The number of halogens is 2. The fourth-order valence-corrected chi connectivity index (χ4v) is 4.96. The highest BCUT2D eigenvalue weighted by Crippen LogP contribution is 2.42. The topological polar surface area (TPSA) is 147 Å². The number of amides is 1. The van der Waals surface area contributed by atoms with Gasteiger partial charge in [-0.1, -0.05) is 23.2 Å². The summed E-state index contributed by atoms with van der Waals surface area (Å²) in [5.41, 5.74) is 15.7. The van der Waals surface area contributed by atoms with E-state index in [0.717, 1.165) is 33.3 Å². The molecule has 41 heavy (non-hydrogen) atoms. The molecule has 1 aliphatic rings. The minimum atomic E-state index is -0.0856. The van der Waals surface area contributed by atoms with E-state index in [-0.39, 0.29) is 12.5 Å². The molecule has 0 bridgehead atoms. The van der Waals surface area contributed by atoms with Crippen molar-refractivity contribution in [3.8, 4) is 11.1 Å². The number of H-pyrrole nitrogens is 1. The zero-order valence-electron chi connectivity index (χ0n) is 23.0. The lowest BCUT2D eigenvalue weighted by Gasteiger charge is -2.27. The van der Waals surface area contributed by atoms with E-state index < -0.39 is 0 Å². The Bertz CT molecular complexity index is 1270. The number of aromatic amines is 1. The maximum absolute atomic E-state index is 12.9. The van der Waals surface area contributed by atoms with Crippen molar-refractivity contribution < 1.29 is 28.5 Å². The molecule has 4 rings (SSSR count). The minimum Gasteiger partial charge on any atom is -0.384 e. The molecule has 1 amide bonds. The van der Waals surface area contributed by atoms with E-state index in [1.54, 1.807) is 17.2 Å². The van der Waals surface area contributed by atoms with Gasteiger partial charge in [0.2, 0.25) is 5.91 Å². The van der Waals surface area contributed by atoms with E-state index in [4.69, 9.17) is 58.4 Å². The number of nitrogens with two attached hydrogens (primary N) is 2. The smallest absolute Gasteiger partial charge is 0.248 e. The molecular formula is C28H37Cl2N5O6. The average Bonchev–Trinajstić information content (AvgIpc) is 3.36. The molecule has 3 aromatic rings. The molecule has 2 aromatic heterocycles. The predicted molar refractivity (Wildman–Crippen MR) is 158 cm³/mol. The van der Waals surface area contributed by atoms with Crippen molar-refractivity contribution in [1.29, 1.82) is 0 Å². The van der Waals surface area contributed by atoms with Gasteiger partial charge in [0.15, 0.2) is 0 Å². The average molecular weight is 611 g/mol. The third-order valence-corrected chi connectivity index (χ3v) is 7.36. The van der Waals surface area contributed by atoms with Gasteiger partial charge < -0.3 is 45.0 Å². The third kappa shape index (κ3) is 8.76. The number of aromatic nitrogens is 2. The van der Waals surface area contributed by atoms with Crippen molar-refractivity contribution in [1.82, 2.24) is 14.9 Å². The Balaban J connectivity index is 1.19. The monoisotopic (exact) mass is 609 g/mol. The van der Waals surface area contributed by atoms with Crippen LogP contribution in [0.5, 0.6) is 0 Å². The Kier molecular flexibility index (Phi) is 12.5. The number of hydrogen-bond acceptors (Lipinski definition) is 9. The SMILES string of the molecule is NCCOCCOCCOCCOCCOCC(=O)N1CCc2[nH]c3c(Cl)c(Cl)cc(-c4ccc(N)nc4)c3c2C1. The summed E-state index contributed by atoms with van der Waals surface area (Å²) in [6.07, 6.45) is 2.37. The molecule has 0 unspecified atom stereocenters. The van der Waals surface area contributed by atoms with Gasteiger partial charge in [-0.2, -0.15) is 0 Å². The van der Waals surface area contributed by atoms with E-state index >= 15 is 0 Å². The van der Waals surface area contributed by atoms with Crippen LogP contribution < -0.4 is 11.5 Å². The third-order valence-electron chi connectivity index (χ3n) is 6.57. The lowest BCUT2D eigenvalue weighted by atomic mass is 9.97. The number of nitrogens with zero attached hydrogens (tertiary/aromatic N) is 2. The van der Waals surface area contributed by atoms with Crippen molar-refractivity contribution in [3.63, 3.8) is 0 Å². The van der Waals surface area contributed by atoms with E-state index in [2.05, 4.69) is 9.97 Å². The first-order chi connectivity index (χ1) is 20.0. The molecule has 0 spiro atoms. The van der Waals surface area contributed by atoms with Crippen molar-refractivity contribution in [2.45, 2.75) is 13.0 Å². The van der Waals surface area contributed by atoms with Gasteiger partial charge >= 0.3 is 0 Å². The molecule has 0 saturated carbocycles. The van der Waals surface area contributed by atoms with Crippen LogP contribution in [0.2, 0.25) is 10.0 Å². The summed E-state index contributed by atoms with van der Waals surface area (Å²) < 4.78 is 27.1. The van der Waals surface area contributed by atoms with E-state index in [0.29, 0.717) is 101 Å². The summed E-state index contributed by atoms with van der Waals surface area (Å²) in [7, 11) is 0. The number of ether oxygens (including phenoxy) is 5. The van der Waals surface area contributed by atoms with Crippen molar-refractivity contribution in [2.75, 3.05) is 84.9 Å². The lowest BCUT2D eigenvalue weighted by Crippen LogP contribution is -2.38. The van der Waals surface area contributed by atoms with E-state index in [9.17, 15) is 4.79 Å². The summed E-state index contributed by atoms with van der Waals surface area (Å²) in [4.78, 5) is 22.4. The highest BCUT2D eigenvalue weighted by molar-refractivity contribution is 6.45. The molecule has 0 atom stereocenters. The standard InChI is InChI=1S/C28H37Cl2N5O6/c29-22-15-20(19-1-2-24(32)33-16-19)26-21-17-35(5-3-23(21)34-28(26)27(22)30)25(36)18-41-14-13-40-12-11-39-10-9-38-8-7-37-6-4-31/h1-2,15-16,34H,3-14,17-18,31H2,(H2,32,33). The van der Waals surface area contributed by atoms with Gasteiger partial charge in [0.1, 0.15) is 12.4 Å². The molecular weight excluding hydrogens is 573 g/mol. The van der Waals surface area contributed by atoms with Crippen LogP contribution in [0, 0.1) is 0 Å². The zero-order valence-corrected chi connectivity index (χ0v) is 24.5. The first-order valence-electron chi connectivity index (χ1n) is 13.6. The molecule has 0 saturated heterocycles. The van der Waals surface area contributed by atoms with Crippen LogP contribution >= 0.6 is 23.2 Å².